The molecule has 5 nitrogen and oxygen atoms in total. The first kappa shape index (κ1) is 19.9. The first-order valence-corrected chi connectivity index (χ1v) is 12.1. The van der Waals surface area contributed by atoms with Crippen LogP contribution in [0.15, 0.2) is 41.9 Å². The van der Waals surface area contributed by atoms with Crippen molar-refractivity contribution in [2.45, 2.75) is 44.8 Å². The van der Waals surface area contributed by atoms with Gasteiger partial charge in [0.05, 0.1) is 6.10 Å². The summed E-state index contributed by atoms with van der Waals surface area (Å²) < 4.78 is 6.20. The second-order valence-electron chi connectivity index (χ2n) is 8.35. The van der Waals surface area contributed by atoms with Gasteiger partial charge in [0.2, 0.25) is 5.95 Å². The van der Waals surface area contributed by atoms with Crippen LogP contribution in [-0.4, -0.2) is 48.4 Å². The Bertz CT molecular complexity index is 962. The second-order valence-corrected chi connectivity index (χ2v) is 9.21. The Labute approximate surface area is 182 Å². The summed E-state index contributed by atoms with van der Waals surface area (Å²) in [5.41, 5.74) is 2.45. The molecule has 2 atom stereocenters. The van der Waals surface area contributed by atoms with Crippen LogP contribution in [0.3, 0.4) is 0 Å². The fourth-order valence-electron chi connectivity index (χ4n) is 5.00. The van der Waals surface area contributed by atoms with E-state index in [1.807, 2.05) is 6.20 Å². The van der Waals surface area contributed by atoms with Gasteiger partial charge in [-0.25, -0.2) is 9.97 Å². The third-order valence-electron chi connectivity index (χ3n) is 6.55. The molecule has 2 fully saturated rings. The molecule has 0 bridgehead atoms. The first-order valence-electron chi connectivity index (χ1n) is 11.2. The Morgan fingerprint density at radius 2 is 2.03 bits per heavy atom. The lowest BCUT2D eigenvalue weighted by Gasteiger charge is -2.38. The van der Waals surface area contributed by atoms with Crippen molar-refractivity contribution < 1.29 is 4.74 Å². The van der Waals surface area contributed by atoms with Crippen LogP contribution < -0.4 is 10.2 Å². The molecule has 0 spiro atoms. The Hall–Kier alpha value is -2.02. The number of ether oxygens (including phenoxy) is 1. The number of piperidine rings is 1. The van der Waals surface area contributed by atoms with Gasteiger partial charge in [-0.15, -0.1) is 11.3 Å². The van der Waals surface area contributed by atoms with E-state index in [0.717, 1.165) is 55.2 Å². The van der Waals surface area contributed by atoms with E-state index >= 15 is 0 Å². The number of nitrogens with zero attached hydrogens (tertiary/aromatic N) is 3. The van der Waals surface area contributed by atoms with E-state index in [1.165, 1.54) is 24.0 Å². The van der Waals surface area contributed by atoms with Crippen LogP contribution >= 0.6 is 11.3 Å². The molecular weight excluding hydrogens is 392 g/mol. The van der Waals surface area contributed by atoms with Crippen molar-refractivity contribution in [3.05, 3.63) is 41.9 Å². The molecule has 0 saturated carbocycles. The minimum Gasteiger partial charge on any atom is -0.377 e. The van der Waals surface area contributed by atoms with E-state index in [4.69, 9.17) is 14.7 Å². The molecular formula is C24H30N4OS. The number of hydrogen-bond donors (Lipinski definition) is 1. The highest BCUT2D eigenvalue weighted by Crippen LogP contribution is 2.34. The quantitative estimate of drug-likeness (QED) is 0.622. The molecule has 0 amide bonds. The summed E-state index contributed by atoms with van der Waals surface area (Å²) in [5, 5.41) is 7.00. The highest BCUT2D eigenvalue weighted by atomic mass is 32.1. The summed E-state index contributed by atoms with van der Waals surface area (Å²) in [5.74, 6) is 1.49. The van der Waals surface area contributed by atoms with E-state index in [9.17, 15) is 0 Å². The molecule has 2 aromatic heterocycles. The molecule has 158 valence electrons. The minimum atomic E-state index is 0.341. The van der Waals surface area contributed by atoms with Crippen molar-refractivity contribution in [1.29, 1.82) is 0 Å². The number of rotatable bonds is 6. The molecule has 1 N–H and O–H groups in total. The van der Waals surface area contributed by atoms with Crippen molar-refractivity contribution in [1.82, 2.24) is 15.3 Å². The van der Waals surface area contributed by atoms with E-state index in [2.05, 4.69) is 52.9 Å². The van der Waals surface area contributed by atoms with Gasteiger partial charge >= 0.3 is 0 Å². The van der Waals surface area contributed by atoms with Crippen LogP contribution in [0.2, 0.25) is 0 Å². The maximum absolute atomic E-state index is 6.20. The van der Waals surface area contributed by atoms with Crippen molar-refractivity contribution in [2.24, 2.45) is 5.92 Å². The molecule has 4 heterocycles. The number of thiophene rings is 1. The van der Waals surface area contributed by atoms with Gasteiger partial charge in [-0.1, -0.05) is 30.3 Å². The zero-order valence-corrected chi connectivity index (χ0v) is 18.4. The first-order chi connectivity index (χ1) is 14.8. The van der Waals surface area contributed by atoms with E-state index in [-0.39, 0.29) is 0 Å². The van der Waals surface area contributed by atoms with Crippen LogP contribution in [0.5, 0.6) is 0 Å². The molecule has 0 aliphatic carbocycles. The lowest BCUT2D eigenvalue weighted by atomic mass is 9.86. The highest BCUT2D eigenvalue weighted by Gasteiger charge is 2.34. The normalized spacial score (nSPS) is 21.4. The summed E-state index contributed by atoms with van der Waals surface area (Å²) in [6, 6.07) is 11.0. The van der Waals surface area contributed by atoms with Crippen molar-refractivity contribution in [2.75, 3.05) is 31.1 Å². The summed E-state index contributed by atoms with van der Waals surface area (Å²) >= 11 is 1.71. The molecule has 3 aromatic rings. The van der Waals surface area contributed by atoms with Crippen LogP contribution in [-0.2, 0) is 4.74 Å². The SMILES string of the molecule is CCOC(C1CCN(c2ncc3c(-c4ccccc4)csc3n2)CC1)C1CCCN1. The number of aromatic nitrogens is 2. The van der Waals surface area contributed by atoms with Gasteiger partial charge < -0.3 is 15.0 Å². The fourth-order valence-corrected chi connectivity index (χ4v) is 5.91. The predicted octanol–water partition coefficient (Wildman–Crippen LogP) is 4.73. The number of nitrogens with one attached hydrogen (secondary N) is 1. The lowest BCUT2D eigenvalue weighted by molar-refractivity contribution is -0.00960. The Balaban J connectivity index is 1.29. The topological polar surface area (TPSA) is 50.3 Å². The standard InChI is InChI=1S/C24H30N4OS/c1-2-29-22(21-9-6-12-25-21)18-10-13-28(14-11-18)24-26-15-19-20(16-30-23(19)27-24)17-7-4-3-5-8-17/h3-5,7-8,15-16,18,21-22,25H,2,6,9-14H2,1H3. The van der Waals surface area contributed by atoms with Crippen molar-refractivity contribution in [3.63, 3.8) is 0 Å². The lowest BCUT2D eigenvalue weighted by Crippen LogP contribution is -2.46. The molecule has 6 heteroatoms. The predicted molar refractivity (Wildman–Crippen MR) is 124 cm³/mol. The maximum atomic E-state index is 6.20. The third kappa shape index (κ3) is 3.96. The summed E-state index contributed by atoms with van der Waals surface area (Å²) in [4.78, 5) is 13.1. The van der Waals surface area contributed by atoms with Crippen LogP contribution in [0.25, 0.3) is 21.3 Å². The van der Waals surface area contributed by atoms with Crippen LogP contribution in [0, 0.1) is 5.92 Å². The van der Waals surface area contributed by atoms with E-state index < -0.39 is 0 Å². The van der Waals surface area contributed by atoms with Crippen LogP contribution in [0.4, 0.5) is 5.95 Å². The molecule has 2 saturated heterocycles. The molecule has 2 aliphatic heterocycles. The molecule has 30 heavy (non-hydrogen) atoms. The third-order valence-corrected chi connectivity index (χ3v) is 7.43. The molecule has 0 radical (unpaired) electrons. The van der Waals surface area contributed by atoms with Gasteiger partial charge in [-0.2, -0.15) is 0 Å². The molecule has 1 aromatic carbocycles. The second kappa shape index (κ2) is 9.00. The number of benzene rings is 1. The largest absolute Gasteiger partial charge is 0.377 e. The zero-order valence-electron chi connectivity index (χ0n) is 17.6. The van der Waals surface area contributed by atoms with Crippen molar-refractivity contribution in [3.8, 4) is 11.1 Å². The van der Waals surface area contributed by atoms with Crippen molar-refractivity contribution >= 4 is 27.5 Å². The summed E-state index contributed by atoms with van der Waals surface area (Å²) in [6.07, 6.45) is 7.15. The number of hydrogen-bond acceptors (Lipinski definition) is 6. The Morgan fingerprint density at radius 1 is 1.20 bits per heavy atom. The number of fused-ring (bicyclic) bond motifs is 1. The van der Waals surface area contributed by atoms with Gasteiger partial charge in [0.25, 0.3) is 0 Å². The Kier molecular flexibility index (Phi) is 5.97. The van der Waals surface area contributed by atoms with E-state index in [1.54, 1.807) is 11.3 Å². The smallest absolute Gasteiger partial charge is 0.226 e. The number of anilines is 1. The summed E-state index contributed by atoms with van der Waals surface area (Å²) in [6.45, 7) is 6.05. The van der Waals surface area contributed by atoms with Gasteiger partial charge in [0.1, 0.15) is 4.83 Å². The van der Waals surface area contributed by atoms with Gasteiger partial charge in [0, 0.05) is 48.3 Å². The van der Waals surface area contributed by atoms with Crippen LogP contribution in [0.1, 0.15) is 32.6 Å². The van der Waals surface area contributed by atoms with Gasteiger partial charge in [-0.05, 0) is 50.6 Å². The maximum Gasteiger partial charge on any atom is 0.226 e. The van der Waals surface area contributed by atoms with Gasteiger partial charge in [0.15, 0.2) is 0 Å². The fraction of sp³-hybridized carbons (Fsp3) is 0.500. The van der Waals surface area contributed by atoms with Gasteiger partial charge in [-0.3, -0.25) is 0 Å². The average Bonchev–Trinajstić information content (AvgIpc) is 3.48. The molecule has 5 rings (SSSR count). The summed E-state index contributed by atoms with van der Waals surface area (Å²) in [7, 11) is 0. The molecule has 2 unspecified atom stereocenters. The Morgan fingerprint density at radius 3 is 2.77 bits per heavy atom. The average molecular weight is 423 g/mol. The minimum absolute atomic E-state index is 0.341. The molecule has 2 aliphatic rings. The zero-order chi connectivity index (χ0) is 20.3. The monoisotopic (exact) mass is 422 g/mol. The highest BCUT2D eigenvalue weighted by molar-refractivity contribution is 7.17. The van der Waals surface area contributed by atoms with E-state index in [0.29, 0.717) is 18.1 Å².